The number of hydrogen-bond acceptors (Lipinski definition) is 4. The minimum absolute atomic E-state index is 0.0671. The average Bonchev–Trinajstić information content (AvgIpc) is 2.08. The first kappa shape index (κ1) is 12.7. The van der Waals surface area contributed by atoms with Gasteiger partial charge in [-0.1, -0.05) is 0 Å². The highest BCUT2D eigenvalue weighted by atomic mass is 16.7. The van der Waals surface area contributed by atoms with Crippen LogP contribution < -0.4 is 16.5 Å². The van der Waals surface area contributed by atoms with Gasteiger partial charge in [0.15, 0.2) is 0 Å². The highest BCUT2D eigenvalue weighted by molar-refractivity contribution is 5.95. The molecular weight excluding hydrogens is 238 g/mol. The van der Waals surface area contributed by atoms with Crippen LogP contribution in [0.3, 0.4) is 0 Å². The molecule has 0 aromatic carbocycles. The number of rotatable bonds is 3. The molecule has 3 aliphatic carbocycles. The maximum absolute atomic E-state index is 11.8. The van der Waals surface area contributed by atoms with Crippen LogP contribution in [-0.2, 0) is 14.4 Å². The minimum Gasteiger partial charge on any atom is -0.369 e. The summed E-state index contributed by atoms with van der Waals surface area (Å²) in [6, 6.07) is -0.0671. The number of amides is 3. The van der Waals surface area contributed by atoms with Crippen molar-refractivity contribution in [2.24, 2.45) is 16.6 Å². The van der Waals surface area contributed by atoms with Gasteiger partial charge in [0.05, 0.1) is 10.8 Å². The predicted octanol–water partition coefficient (Wildman–Crippen LogP) is -0.192. The van der Waals surface area contributed by atoms with Crippen LogP contribution in [-0.4, -0.2) is 23.9 Å². The van der Waals surface area contributed by atoms with Gasteiger partial charge >= 0.3 is 6.09 Å². The van der Waals surface area contributed by atoms with Gasteiger partial charge in [-0.25, -0.2) is 4.79 Å². The lowest BCUT2D eigenvalue weighted by Crippen LogP contribution is -2.71. The Kier molecular flexibility index (Phi) is 2.71. The molecule has 3 aliphatic rings. The van der Waals surface area contributed by atoms with Gasteiger partial charge in [-0.15, -0.1) is 0 Å². The first-order valence-electron chi connectivity index (χ1n) is 5.87. The van der Waals surface area contributed by atoms with Gasteiger partial charge < -0.3 is 15.9 Å². The zero-order valence-electron chi connectivity index (χ0n) is 10.4. The monoisotopic (exact) mass is 255 g/mol. The molecule has 7 heteroatoms. The van der Waals surface area contributed by atoms with Crippen molar-refractivity contribution in [2.45, 2.75) is 39.2 Å². The second-order valence-electron chi connectivity index (χ2n) is 5.57. The van der Waals surface area contributed by atoms with Crippen LogP contribution in [0.5, 0.6) is 0 Å². The number of hydrogen-bond donors (Lipinski definition) is 3. The Hall–Kier alpha value is -1.79. The fourth-order valence-corrected chi connectivity index (χ4v) is 2.76. The molecule has 3 saturated carbocycles. The summed E-state index contributed by atoms with van der Waals surface area (Å²) < 4.78 is 0. The van der Waals surface area contributed by atoms with Crippen LogP contribution in [0.4, 0.5) is 4.79 Å². The van der Waals surface area contributed by atoms with Gasteiger partial charge in [-0.3, -0.25) is 9.59 Å². The van der Waals surface area contributed by atoms with E-state index in [1.165, 1.54) is 0 Å². The highest BCUT2D eigenvalue weighted by Gasteiger charge is 2.74. The topological polar surface area (TPSA) is 111 Å². The molecule has 7 nitrogen and oxygen atoms in total. The molecular formula is C11H17N3O4. The van der Waals surface area contributed by atoms with E-state index in [9.17, 15) is 14.4 Å². The van der Waals surface area contributed by atoms with Crippen LogP contribution in [0, 0.1) is 10.8 Å². The van der Waals surface area contributed by atoms with E-state index in [0.29, 0.717) is 19.3 Å². The predicted molar refractivity (Wildman–Crippen MR) is 60.8 cm³/mol. The molecule has 0 aliphatic heterocycles. The summed E-state index contributed by atoms with van der Waals surface area (Å²) in [6.45, 7) is 3.56. The first-order valence-corrected chi connectivity index (χ1v) is 5.87. The van der Waals surface area contributed by atoms with Gasteiger partial charge in [-0.2, -0.15) is 5.48 Å². The SMILES string of the molecule is CC(C)NC(=O)ONC(=O)C12CC(C(N)=O)(C1)C2. The molecule has 2 bridgehead atoms. The van der Waals surface area contributed by atoms with Crippen LogP contribution in [0.25, 0.3) is 0 Å². The minimum atomic E-state index is -0.699. The van der Waals surface area contributed by atoms with E-state index in [-0.39, 0.29) is 17.9 Å². The van der Waals surface area contributed by atoms with Gasteiger partial charge in [0.1, 0.15) is 0 Å². The largest absolute Gasteiger partial charge is 0.431 e. The lowest BCUT2D eigenvalue weighted by Gasteiger charge is -2.66. The summed E-state index contributed by atoms with van der Waals surface area (Å²) >= 11 is 0. The van der Waals surface area contributed by atoms with Crippen molar-refractivity contribution >= 4 is 17.9 Å². The van der Waals surface area contributed by atoms with Gasteiger partial charge in [0, 0.05) is 6.04 Å². The molecule has 0 atom stereocenters. The molecule has 3 rings (SSSR count). The summed E-state index contributed by atoms with van der Waals surface area (Å²) in [4.78, 5) is 38.6. The van der Waals surface area contributed by atoms with E-state index in [1.54, 1.807) is 13.8 Å². The zero-order chi connectivity index (χ0) is 13.6. The van der Waals surface area contributed by atoms with E-state index < -0.39 is 16.9 Å². The Morgan fingerprint density at radius 3 is 2.17 bits per heavy atom. The lowest BCUT2D eigenvalue weighted by molar-refractivity contribution is -0.211. The van der Waals surface area contributed by atoms with Crippen molar-refractivity contribution < 1.29 is 19.2 Å². The molecule has 0 heterocycles. The molecule has 0 saturated heterocycles. The van der Waals surface area contributed by atoms with E-state index in [4.69, 9.17) is 5.73 Å². The third-order valence-electron chi connectivity index (χ3n) is 3.68. The zero-order valence-corrected chi connectivity index (χ0v) is 10.4. The highest BCUT2D eigenvalue weighted by Crippen LogP contribution is 2.73. The summed E-state index contributed by atoms with van der Waals surface area (Å²) in [5.41, 5.74) is 6.31. The van der Waals surface area contributed by atoms with E-state index in [0.717, 1.165) is 0 Å². The number of carbonyl (C=O) groups excluding carboxylic acids is 3. The molecule has 0 spiro atoms. The Morgan fingerprint density at radius 1 is 1.17 bits per heavy atom. The number of hydroxylamine groups is 1. The van der Waals surface area contributed by atoms with E-state index >= 15 is 0 Å². The fraction of sp³-hybridized carbons (Fsp3) is 0.727. The van der Waals surface area contributed by atoms with Crippen LogP contribution >= 0.6 is 0 Å². The number of nitrogens with one attached hydrogen (secondary N) is 2. The Bertz CT molecular complexity index is 399. The van der Waals surface area contributed by atoms with Crippen molar-refractivity contribution in [2.75, 3.05) is 0 Å². The molecule has 3 amide bonds. The van der Waals surface area contributed by atoms with Crippen molar-refractivity contribution in [1.29, 1.82) is 0 Å². The van der Waals surface area contributed by atoms with E-state index in [2.05, 4.69) is 15.6 Å². The first-order chi connectivity index (χ1) is 8.30. The van der Waals surface area contributed by atoms with Crippen molar-refractivity contribution in [3.8, 4) is 0 Å². The Morgan fingerprint density at radius 2 is 1.72 bits per heavy atom. The maximum Gasteiger partial charge on any atom is 0.431 e. The maximum atomic E-state index is 11.8. The van der Waals surface area contributed by atoms with Crippen molar-refractivity contribution in [1.82, 2.24) is 10.8 Å². The number of primary amides is 1. The van der Waals surface area contributed by atoms with E-state index in [1.807, 2.05) is 0 Å². The van der Waals surface area contributed by atoms with Crippen LogP contribution in [0.2, 0.25) is 0 Å². The second-order valence-corrected chi connectivity index (χ2v) is 5.57. The summed E-state index contributed by atoms with van der Waals surface area (Å²) in [6.07, 6.45) is 0.665. The second kappa shape index (κ2) is 3.86. The molecule has 4 N–H and O–H groups in total. The van der Waals surface area contributed by atoms with Gasteiger partial charge in [0.2, 0.25) is 5.91 Å². The van der Waals surface area contributed by atoms with Crippen molar-refractivity contribution in [3.63, 3.8) is 0 Å². The van der Waals surface area contributed by atoms with Crippen LogP contribution in [0.1, 0.15) is 33.1 Å². The van der Waals surface area contributed by atoms with Gasteiger partial charge in [0.25, 0.3) is 5.91 Å². The van der Waals surface area contributed by atoms with Crippen LogP contribution in [0.15, 0.2) is 0 Å². The van der Waals surface area contributed by atoms with Crippen molar-refractivity contribution in [3.05, 3.63) is 0 Å². The third-order valence-corrected chi connectivity index (χ3v) is 3.68. The number of carbonyl (C=O) groups is 3. The summed E-state index contributed by atoms with van der Waals surface area (Å²) in [7, 11) is 0. The Balaban J connectivity index is 1.76. The standard InChI is InChI=1S/C11H17N3O4/c1-6(2)13-9(17)18-14-8(16)11-3-10(4-11,5-11)7(12)15/h6H,3-5H2,1-2H3,(H2,12,15)(H,13,17)(H,14,16). The Labute approximate surface area is 104 Å². The normalized spacial score (nSPS) is 31.9. The third kappa shape index (κ3) is 1.79. The average molecular weight is 255 g/mol. The molecule has 100 valence electrons. The number of nitrogens with two attached hydrogens (primary N) is 1. The molecule has 0 radical (unpaired) electrons. The quantitative estimate of drug-likeness (QED) is 0.607. The molecule has 0 unspecified atom stereocenters. The summed E-state index contributed by atoms with van der Waals surface area (Å²) in [5.74, 6) is -0.708. The summed E-state index contributed by atoms with van der Waals surface area (Å²) in [5, 5.41) is 2.47. The van der Waals surface area contributed by atoms with Gasteiger partial charge in [-0.05, 0) is 33.1 Å². The fourth-order valence-electron chi connectivity index (χ4n) is 2.76. The smallest absolute Gasteiger partial charge is 0.369 e. The molecule has 0 aromatic rings. The lowest BCUT2D eigenvalue weighted by atomic mass is 9.34. The molecule has 3 fully saturated rings. The molecule has 18 heavy (non-hydrogen) atoms. The molecule has 0 aromatic heterocycles.